The zero-order chi connectivity index (χ0) is 17.7. The van der Waals surface area contributed by atoms with Gasteiger partial charge in [0.05, 0.1) is 40.9 Å². The number of hydrogen-bond donors (Lipinski definition) is 1. The smallest absolute Gasteiger partial charge is 0.147 e. The van der Waals surface area contributed by atoms with Crippen molar-refractivity contribution in [2.24, 2.45) is 0 Å². The first-order valence-corrected chi connectivity index (χ1v) is 9.37. The van der Waals surface area contributed by atoms with Crippen LogP contribution in [0.5, 0.6) is 0 Å². The fourth-order valence-corrected chi connectivity index (χ4v) is 4.39. The molecule has 7 heteroatoms. The Morgan fingerprint density at radius 3 is 3.08 bits per heavy atom. The highest BCUT2D eigenvalue weighted by atomic mass is 32.1. The molecule has 0 atom stereocenters. The van der Waals surface area contributed by atoms with Crippen LogP contribution in [0.4, 0.5) is 5.82 Å². The van der Waals surface area contributed by atoms with Crippen LogP contribution in [-0.2, 0) is 24.3 Å². The second-order valence-corrected chi connectivity index (χ2v) is 8.11. The molecule has 132 valence electrons. The van der Waals surface area contributed by atoms with Gasteiger partial charge in [0.15, 0.2) is 0 Å². The molecule has 0 bridgehead atoms. The highest BCUT2D eigenvalue weighted by Gasteiger charge is 2.28. The monoisotopic (exact) mass is 366 g/mol. The van der Waals surface area contributed by atoms with E-state index in [1.807, 2.05) is 12.1 Å². The molecule has 4 aromatic rings. The number of nitrogens with one attached hydrogen (secondary N) is 1. The van der Waals surface area contributed by atoms with Gasteiger partial charge in [-0.3, -0.25) is 0 Å². The standard InChI is InChI=1S/C19H18N4O2S/c1-19(2)7-14-11(9-25-19)6-13-15-16(26-18(13)23-14)17(22-10-21-15)20-8-12-4-3-5-24-12/h3-6,10H,7-9H2,1-2H3,(H,20,21,22). The van der Waals surface area contributed by atoms with Crippen LogP contribution < -0.4 is 5.32 Å². The molecule has 5 rings (SSSR count). The third kappa shape index (κ3) is 2.64. The molecule has 0 saturated heterocycles. The van der Waals surface area contributed by atoms with Crippen LogP contribution in [0.3, 0.4) is 0 Å². The minimum absolute atomic E-state index is 0.167. The summed E-state index contributed by atoms with van der Waals surface area (Å²) in [5.74, 6) is 1.68. The Hall–Kier alpha value is -2.51. The summed E-state index contributed by atoms with van der Waals surface area (Å²) in [6, 6.07) is 5.99. The van der Waals surface area contributed by atoms with Crippen LogP contribution in [0.1, 0.15) is 30.9 Å². The maximum atomic E-state index is 5.94. The van der Waals surface area contributed by atoms with Crippen molar-refractivity contribution in [2.75, 3.05) is 5.32 Å². The summed E-state index contributed by atoms with van der Waals surface area (Å²) < 4.78 is 12.3. The van der Waals surface area contributed by atoms with Crippen LogP contribution in [0.2, 0.25) is 0 Å². The number of furan rings is 1. The zero-order valence-corrected chi connectivity index (χ0v) is 15.4. The number of aromatic nitrogens is 3. The van der Waals surface area contributed by atoms with E-state index in [2.05, 4.69) is 35.2 Å². The highest BCUT2D eigenvalue weighted by Crippen LogP contribution is 2.38. The molecule has 4 aromatic heterocycles. The van der Waals surface area contributed by atoms with E-state index in [-0.39, 0.29) is 5.60 Å². The average molecular weight is 366 g/mol. The summed E-state index contributed by atoms with van der Waals surface area (Å²) in [7, 11) is 0. The van der Waals surface area contributed by atoms with Crippen molar-refractivity contribution >= 4 is 37.6 Å². The molecule has 1 aliphatic heterocycles. The molecule has 0 aromatic carbocycles. The maximum absolute atomic E-state index is 5.94. The Balaban J connectivity index is 1.59. The van der Waals surface area contributed by atoms with Gasteiger partial charge in [-0.05, 0) is 32.0 Å². The van der Waals surface area contributed by atoms with Crippen molar-refractivity contribution in [1.29, 1.82) is 0 Å². The lowest BCUT2D eigenvalue weighted by Crippen LogP contribution is -2.32. The lowest BCUT2D eigenvalue weighted by atomic mass is 9.95. The molecule has 6 nitrogen and oxygen atoms in total. The van der Waals surface area contributed by atoms with Crippen molar-refractivity contribution in [3.8, 4) is 0 Å². The van der Waals surface area contributed by atoms with Crippen molar-refractivity contribution < 1.29 is 9.15 Å². The van der Waals surface area contributed by atoms with Gasteiger partial charge in [0.1, 0.15) is 22.7 Å². The van der Waals surface area contributed by atoms with E-state index >= 15 is 0 Å². The number of hydrogen-bond acceptors (Lipinski definition) is 7. The molecule has 0 saturated carbocycles. The minimum Gasteiger partial charge on any atom is -0.467 e. The largest absolute Gasteiger partial charge is 0.467 e. The average Bonchev–Trinajstić information content (AvgIpc) is 3.25. The van der Waals surface area contributed by atoms with Crippen molar-refractivity contribution in [2.45, 2.75) is 39.0 Å². The molecular formula is C19H18N4O2S. The fraction of sp³-hybridized carbons (Fsp3) is 0.316. The zero-order valence-electron chi connectivity index (χ0n) is 14.6. The van der Waals surface area contributed by atoms with Crippen LogP contribution in [0.15, 0.2) is 35.2 Å². The van der Waals surface area contributed by atoms with Crippen molar-refractivity contribution in [3.63, 3.8) is 0 Å². The van der Waals surface area contributed by atoms with Crippen LogP contribution in [0.25, 0.3) is 20.4 Å². The molecule has 1 N–H and O–H groups in total. The molecule has 1 aliphatic rings. The number of ether oxygens (including phenoxy) is 1. The molecule has 0 spiro atoms. The molecule has 0 radical (unpaired) electrons. The molecule has 0 aliphatic carbocycles. The van der Waals surface area contributed by atoms with E-state index < -0.39 is 0 Å². The fourth-order valence-electron chi connectivity index (χ4n) is 3.30. The van der Waals surface area contributed by atoms with E-state index in [0.717, 1.165) is 49.7 Å². The predicted octanol–water partition coefficient (Wildman–Crippen LogP) is 4.30. The number of fused-ring (bicyclic) bond motifs is 4. The lowest BCUT2D eigenvalue weighted by molar-refractivity contribution is -0.0411. The first-order valence-electron chi connectivity index (χ1n) is 8.55. The van der Waals surface area contributed by atoms with Gasteiger partial charge in [-0.1, -0.05) is 0 Å². The molecule has 26 heavy (non-hydrogen) atoms. The topological polar surface area (TPSA) is 73.1 Å². The van der Waals surface area contributed by atoms with E-state index in [4.69, 9.17) is 14.1 Å². The first-order chi connectivity index (χ1) is 12.6. The van der Waals surface area contributed by atoms with Crippen molar-refractivity contribution in [3.05, 3.63) is 47.8 Å². The Kier molecular flexibility index (Phi) is 3.48. The summed E-state index contributed by atoms with van der Waals surface area (Å²) in [6.07, 6.45) is 4.09. The third-order valence-corrected chi connectivity index (χ3v) is 5.73. The van der Waals surface area contributed by atoms with E-state index in [0.29, 0.717) is 13.2 Å². The quantitative estimate of drug-likeness (QED) is 0.583. The van der Waals surface area contributed by atoms with Gasteiger partial charge >= 0.3 is 0 Å². The number of anilines is 1. The van der Waals surface area contributed by atoms with Crippen LogP contribution >= 0.6 is 11.3 Å². The Bertz CT molecular complexity index is 1100. The van der Waals surface area contributed by atoms with Gasteiger partial charge in [-0.25, -0.2) is 15.0 Å². The minimum atomic E-state index is -0.167. The Morgan fingerprint density at radius 2 is 2.23 bits per heavy atom. The maximum Gasteiger partial charge on any atom is 0.147 e. The number of nitrogens with zero attached hydrogens (tertiary/aromatic N) is 3. The van der Waals surface area contributed by atoms with Gasteiger partial charge in [0, 0.05) is 17.4 Å². The van der Waals surface area contributed by atoms with Gasteiger partial charge in [0.2, 0.25) is 0 Å². The van der Waals surface area contributed by atoms with Crippen LogP contribution in [-0.4, -0.2) is 20.6 Å². The summed E-state index contributed by atoms with van der Waals surface area (Å²) in [5, 5.41) is 4.41. The van der Waals surface area contributed by atoms with Gasteiger partial charge in [-0.2, -0.15) is 0 Å². The van der Waals surface area contributed by atoms with E-state index in [1.54, 1.807) is 23.9 Å². The number of rotatable bonds is 3. The molecule has 5 heterocycles. The summed E-state index contributed by atoms with van der Waals surface area (Å²) in [4.78, 5) is 14.8. The van der Waals surface area contributed by atoms with Crippen LogP contribution in [0, 0.1) is 0 Å². The van der Waals surface area contributed by atoms with Crippen molar-refractivity contribution in [1.82, 2.24) is 15.0 Å². The molecule has 0 unspecified atom stereocenters. The highest BCUT2D eigenvalue weighted by molar-refractivity contribution is 7.25. The lowest BCUT2D eigenvalue weighted by Gasteiger charge is -2.30. The van der Waals surface area contributed by atoms with E-state index in [1.165, 1.54) is 0 Å². The third-order valence-electron chi connectivity index (χ3n) is 4.64. The van der Waals surface area contributed by atoms with E-state index in [9.17, 15) is 0 Å². The van der Waals surface area contributed by atoms with Gasteiger partial charge < -0.3 is 14.5 Å². The Labute approximate surface area is 154 Å². The predicted molar refractivity (Wildman–Crippen MR) is 101 cm³/mol. The van der Waals surface area contributed by atoms with Gasteiger partial charge in [-0.15, -0.1) is 11.3 Å². The molecule has 0 fully saturated rings. The summed E-state index contributed by atoms with van der Waals surface area (Å²) in [6.45, 7) is 5.39. The summed E-state index contributed by atoms with van der Waals surface area (Å²) >= 11 is 1.63. The second kappa shape index (κ2) is 5.75. The molecular weight excluding hydrogens is 348 g/mol. The summed E-state index contributed by atoms with van der Waals surface area (Å²) in [5.41, 5.74) is 3.04. The van der Waals surface area contributed by atoms with Gasteiger partial charge in [0.25, 0.3) is 0 Å². The first kappa shape index (κ1) is 15.7. The SMILES string of the molecule is CC1(C)Cc2nc3sc4c(NCc5ccco5)ncnc4c3cc2CO1. The number of thiophene rings is 1. The normalized spacial score (nSPS) is 16.1. The Morgan fingerprint density at radius 1 is 1.31 bits per heavy atom. The number of pyridine rings is 1. The second-order valence-electron chi connectivity index (χ2n) is 7.11. The molecule has 0 amide bonds.